The van der Waals surface area contributed by atoms with Gasteiger partial charge in [0.1, 0.15) is 5.15 Å². The highest BCUT2D eigenvalue weighted by Crippen LogP contribution is 2.26. The first-order valence-electron chi connectivity index (χ1n) is 10.3. The molecule has 8 heteroatoms. The van der Waals surface area contributed by atoms with Gasteiger partial charge < -0.3 is 10.2 Å². The van der Waals surface area contributed by atoms with Gasteiger partial charge in [0.25, 0.3) is 5.91 Å². The van der Waals surface area contributed by atoms with Crippen molar-refractivity contribution in [3.63, 3.8) is 0 Å². The summed E-state index contributed by atoms with van der Waals surface area (Å²) in [6.45, 7) is 4.48. The van der Waals surface area contributed by atoms with Gasteiger partial charge >= 0.3 is 0 Å². The first-order valence-corrected chi connectivity index (χ1v) is 11.1. The zero-order valence-electron chi connectivity index (χ0n) is 17.4. The number of hydrogen-bond donors (Lipinski definition) is 1. The van der Waals surface area contributed by atoms with Crippen LogP contribution in [0, 0.1) is 0 Å². The summed E-state index contributed by atoms with van der Waals surface area (Å²) in [6.07, 6.45) is 9.23. The third kappa shape index (κ3) is 5.85. The quantitative estimate of drug-likeness (QED) is 0.523. The maximum absolute atomic E-state index is 12.6. The van der Waals surface area contributed by atoms with Crippen LogP contribution in [0.25, 0.3) is 6.08 Å². The number of rotatable bonds is 6. The standard InChI is InChI=1S/C24H23Cl2N5O/c25-20-5-3-18(4-6-20)2-1-11-30-12-14-31(15-13-30)22-8-9-27-17-21(22)29-24(32)19-7-10-28-23(26)16-19/h1-10,16-17H,11-15H2,(H,29,32). The van der Waals surface area contributed by atoms with E-state index in [1.165, 1.54) is 6.20 Å². The van der Waals surface area contributed by atoms with Gasteiger partial charge in [0.15, 0.2) is 0 Å². The Balaban J connectivity index is 1.34. The van der Waals surface area contributed by atoms with Gasteiger partial charge in [-0.2, -0.15) is 0 Å². The first-order chi connectivity index (χ1) is 15.6. The third-order valence-corrected chi connectivity index (χ3v) is 5.75. The second kappa shape index (κ2) is 10.6. The predicted molar refractivity (Wildman–Crippen MR) is 131 cm³/mol. The molecule has 0 atom stereocenters. The maximum atomic E-state index is 12.6. The summed E-state index contributed by atoms with van der Waals surface area (Å²) in [6, 6.07) is 12.9. The van der Waals surface area contributed by atoms with Crippen molar-refractivity contribution < 1.29 is 4.79 Å². The van der Waals surface area contributed by atoms with Crippen molar-refractivity contribution in [1.82, 2.24) is 14.9 Å². The Morgan fingerprint density at radius 3 is 2.56 bits per heavy atom. The average Bonchev–Trinajstić information content (AvgIpc) is 2.81. The number of carbonyl (C=O) groups excluding carboxylic acids is 1. The lowest BCUT2D eigenvalue weighted by Crippen LogP contribution is -2.46. The van der Waals surface area contributed by atoms with E-state index in [4.69, 9.17) is 23.2 Å². The normalized spacial score (nSPS) is 14.6. The van der Waals surface area contributed by atoms with Gasteiger partial charge in [-0.05, 0) is 35.9 Å². The van der Waals surface area contributed by atoms with E-state index in [1.54, 1.807) is 24.5 Å². The second-order valence-corrected chi connectivity index (χ2v) is 8.28. The monoisotopic (exact) mass is 467 g/mol. The molecule has 1 aliphatic heterocycles. The number of nitrogens with zero attached hydrogens (tertiary/aromatic N) is 4. The van der Waals surface area contributed by atoms with Crippen LogP contribution in [0.1, 0.15) is 15.9 Å². The molecule has 0 unspecified atom stereocenters. The van der Waals surface area contributed by atoms with Crippen LogP contribution >= 0.6 is 23.2 Å². The number of amides is 1. The molecule has 0 bridgehead atoms. The number of anilines is 2. The topological polar surface area (TPSA) is 61.4 Å². The van der Waals surface area contributed by atoms with E-state index in [2.05, 4.69) is 37.2 Å². The van der Waals surface area contributed by atoms with Gasteiger partial charge in [0.05, 0.1) is 17.6 Å². The van der Waals surface area contributed by atoms with E-state index < -0.39 is 0 Å². The molecule has 0 saturated carbocycles. The Hall–Kier alpha value is -2.93. The molecule has 0 spiro atoms. The molecule has 164 valence electrons. The van der Waals surface area contributed by atoms with Crippen LogP contribution in [0.15, 0.2) is 67.1 Å². The summed E-state index contributed by atoms with van der Waals surface area (Å²) in [5.74, 6) is -0.241. The molecule has 6 nitrogen and oxygen atoms in total. The van der Waals surface area contributed by atoms with Crippen molar-refractivity contribution in [3.05, 3.63) is 88.4 Å². The van der Waals surface area contributed by atoms with Crippen molar-refractivity contribution in [2.75, 3.05) is 42.9 Å². The summed E-state index contributed by atoms with van der Waals surface area (Å²) in [4.78, 5) is 25.4. The number of nitrogens with one attached hydrogen (secondary N) is 1. The molecular formula is C24H23Cl2N5O. The van der Waals surface area contributed by atoms with Crippen LogP contribution in [-0.4, -0.2) is 53.5 Å². The van der Waals surface area contributed by atoms with Gasteiger partial charge in [-0.15, -0.1) is 0 Å². The molecule has 2 aromatic heterocycles. The van der Waals surface area contributed by atoms with Crippen LogP contribution in [0.3, 0.4) is 0 Å². The molecular weight excluding hydrogens is 445 g/mol. The molecule has 0 aliphatic carbocycles. The van der Waals surface area contributed by atoms with E-state index in [-0.39, 0.29) is 11.1 Å². The highest BCUT2D eigenvalue weighted by atomic mass is 35.5. The summed E-state index contributed by atoms with van der Waals surface area (Å²) >= 11 is 11.8. The maximum Gasteiger partial charge on any atom is 0.255 e. The van der Waals surface area contributed by atoms with E-state index in [1.807, 2.05) is 30.3 Å². The highest BCUT2D eigenvalue weighted by molar-refractivity contribution is 6.30. The minimum absolute atomic E-state index is 0.241. The molecule has 1 N–H and O–H groups in total. The Morgan fingerprint density at radius 2 is 1.81 bits per heavy atom. The van der Waals surface area contributed by atoms with E-state index in [9.17, 15) is 4.79 Å². The van der Waals surface area contributed by atoms with Gasteiger partial charge in [-0.25, -0.2) is 4.98 Å². The molecule has 1 aromatic carbocycles. The molecule has 0 radical (unpaired) electrons. The number of benzene rings is 1. The van der Waals surface area contributed by atoms with Gasteiger partial charge in [0.2, 0.25) is 0 Å². The highest BCUT2D eigenvalue weighted by Gasteiger charge is 2.20. The van der Waals surface area contributed by atoms with Crippen LogP contribution < -0.4 is 10.2 Å². The summed E-state index contributed by atoms with van der Waals surface area (Å²) in [5, 5.41) is 3.98. The number of carbonyl (C=O) groups is 1. The molecule has 1 aliphatic rings. The molecule has 1 fully saturated rings. The van der Waals surface area contributed by atoms with Crippen LogP contribution in [-0.2, 0) is 0 Å². The van der Waals surface area contributed by atoms with Crippen molar-refractivity contribution >= 4 is 46.6 Å². The molecule has 1 amide bonds. The largest absolute Gasteiger partial charge is 0.367 e. The lowest BCUT2D eigenvalue weighted by Gasteiger charge is -2.36. The van der Waals surface area contributed by atoms with Gasteiger partial charge in [-0.3, -0.25) is 14.7 Å². The summed E-state index contributed by atoms with van der Waals surface area (Å²) in [5.41, 5.74) is 3.24. The van der Waals surface area contributed by atoms with E-state index in [0.717, 1.165) is 49.0 Å². The van der Waals surface area contributed by atoms with Gasteiger partial charge in [0, 0.05) is 55.7 Å². The molecule has 3 heterocycles. The fourth-order valence-corrected chi connectivity index (χ4v) is 3.88. The molecule has 32 heavy (non-hydrogen) atoms. The number of piperazine rings is 1. The van der Waals surface area contributed by atoms with Crippen LogP contribution in [0.5, 0.6) is 0 Å². The number of pyridine rings is 2. The zero-order valence-corrected chi connectivity index (χ0v) is 18.9. The Morgan fingerprint density at radius 1 is 1.03 bits per heavy atom. The van der Waals surface area contributed by atoms with Crippen molar-refractivity contribution in [1.29, 1.82) is 0 Å². The summed E-state index contributed by atoms with van der Waals surface area (Å²) in [7, 11) is 0. The van der Waals surface area contributed by atoms with Crippen LogP contribution in [0.2, 0.25) is 10.2 Å². The van der Waals surface area contributed by atoms with E-state index in [0.29, 0.717) is 11.3 Å². The van der Waals surface area contributed by atoms with E-state index >= 15 is 0 Å². The van der Waals surface area contributed by atoms with Gasteiger partial charge in [-0.1, -0.05) is 47.5 Å². The first kappa shape index (κ1) is 22.3. The van der Waals surface area contributed by atoms with Crippen molar-refractivity contribution in [2.45, 2.75) is 0 Å². The third-order valence-electron chi connectivity index (χ3n) is 5.29. The minimum atomic E-state index is -0.241. The minimum Gasteiger partial charge on any atom is -0.367 e. The number of hydrogen-bond acceptors (Lipinski definition) is 5. The molecule has 3 aromatic rings. The predicted octanol–water partition coefficient (Wildman–Crippen LogP) is 4.87. The zero-order chi connectivity index (χ0) is 22.3. The van der Waals surface area contributed by atoms with Crippen LogP contribution in [0.4, 0.5) is 11.4 Å². The fraction of sp³-hybridized carbons (Fsp3) is 0.208. The second-order valence-electron chi connectivity index (χ2n) is 7.46. The number of halogens is 2. The smallest absolute Gasteiger partial charge is 0.255 e. The van der Waals surface area contributed by atoms with Crippen molar-refractivity contribution in [3.8, 4) is 0 Å². The Labute approximate surface area is 197 Å². The fourth-order valence-electron chi connectivity index (χ4n) is 3.58. The lowest BCUT2D eigenvalue weighted by molar-refractivity contribution is 0.102. The Bertz CT molecular complexity index is 1100. The lowest BCUT2D eigenvalue weighted by atomic mass is 10.2. The summed E-state index contributed by atoms with van der Waals surface area (Å²) < 4.78 is 0. The molecule has 1 saturated heterocycles. The Kier molecular flexibility index (Phi) is 7.37. The SMILES string of the molecule is O=C(Nc1cnccc1N1CCN(CC=Cc2ccc(Cl)cc2)CC1)c1ccnc(Cl)c1. The molecule has 4 rings (SSSR count). The number of aromatic nitrogens is 2. The van der Waals surface area contributed by atoms with Crippen molar-refractivity contribution in [2.24, 2.45) is 0 Å². The average molecular weight is 468 g/mol.